The normalized spacial score (nSPS) is 13.1. The van der Waals surface area contributed by atoms with Crippen LogP contribution in [0.15, 0.2) is 170 Å². The van der Waals surface area contributed by atoms with Crippen LogP contribution in [0, 0.1) is 0 Å². The largest absolute Gasteiger partial charge is 0.457 e. The maximum Gasteiger partial charge on any atom is 0.137 e. The van der Waals surface area contributed by atoms with Gasteiger partial charge in [0.25, 0.3) is 0 Å². The van der Waals surface area contributed by atoms with Crippen molar-refractivity contribution in [3.8, 4) is 28.4 Å². The van der Waals surface area contributed by atoms with E-state index in [1.165, 1.54) is 49.8 Å². The summed E-state index contributed by atoms with van der Waals surface area (Å²) in [5.74, 6) is 2.44. The van der Waals surface area contributed by atoms with E-state index in [0.717, 1.165) is 45.1 Å². The van der Waals surface area contributed by atoms with Crippen molar-refractivity contribution in [1.82, 2.24) is 9.55 Å². The molecule has 0 aliphatic carbocycles. The summed E-state index contributed by atoms with van der Waals surface area (Å²) in [6, 6.07) is 58.8. The average molecular weight is 769 g/mol. The van der Waals surface area contributed by atoms with Crippen LogP contribution < -0.4 is 14.5 Å². The van der Waals surface area contributed by atoms with Crippen molar-refractivity contribution in [2.24, 2.45) is 0 Å². The lowest BCUT2D eigenvalue weighted by molar-refractivity contribution is 0.483. The molecule has 1 aliphatic heterocycles. The fraction of sp³-hybridized carbons (Fsp3) is 0.167. The highest BCUT2D eigenvalue weighted by Crippen LogP contribution is 2.51. The Hall–Kier alpha value is -6.85. The second-order valence-corrected chi connectivity index (χ2v) is 17.8. The highest BCUT2D eigenvalue weighted by atomic mass is 16.5. The molecule has 0 unspecified atom stereocenters. The Morgan fingerprint density at radius 1 is 0.508 bits per heavy atom. The second kappa shape index (κ2) is 13.9. The third-order valence-electron chi connectivity index (χ3n) is 11.8. The minimum Gasteiger partial charge on any atom is -0.457 e. The summed E-state index contributed by atoms with van der Waals surface area (Å²) in [6.45, 7) is 14.2. The number of rotatable bonds is 6. The van der Waals surface area contributed by atoms with Gasteiger partial charge in [0.15, 0.2) is 0 Å². The molecule has 0 fully saturated rings. The number of benzene rings is 7. The van der Waals surface area contributed by atoms with E-state index in [0.29, 0.717) is 6.67 Å². The quantitative estimate of drug-likeness (QED) is 0.169. The Bertz CT molecular complexity index is 3040. The molecule has 290 valence electrons. The molecule has 5 nitrogen and oxygen atoms in total. The van der Waals surface area contributed by atoms with Crippen LogP contribution >= 0.6 is 0 Å². The van der Waals surface area contributed by atoms with Crippen molar-refractivity contribution in [3.63, 3.8) is 0 Å². The Morgan fingerprint density at radius 2 is 1.22 bits per heavy atom. The molecule has 0 spiro atoms. The fourth-order valence-corrected chi connectivity index (χ4v) is 8.65. The third-order valence-corrected chi connectivity index (χ3v) is 11.8. The Morgan fingerprint density at radius 3 is 2.03 bits per heavy atom. The third kappa shape index (κ3) is 6.47. The number of hydrogen-bond donors (Lipinski definition) is 0. The molecular formula is C54H48N4O. The van der Waals surface area contributed by atoms with Crippen LogP contribution in [0.1, 0.15) is 52.7 Å². The zero-order valence-corrected chi connectivity index (χ0v) is 34.6. The molecular weight excluding hydrogens is 721 g/mol. The maximum atomic E-state index is 6.78. The lowest BCUT2D eigenvalue weighted by Gasteiger charge is -2.28. The first-order valence-electron chi connectivity index (χ1n) is 20.6. The first-order valence-corrected chi connectivity index (χ1v) is 20.6. The molecule has 9 aromatic rings. The lowest BCUT2D eigenvalue weighted by Crippen LogP contribution is -2.25. The monoisotopic (exact) mass is 768 g/mol. The Balaban J connectivity index is 1.06. The van der Waals surface area contributed by atoms with Gasteiger partial charge in [0, 0.05) is 45.7 Å². The molecule has 0 atom stereocenters. The number of ether oxygens (including phenoxy) is 1. The summed E-state index contributed by atoms with van der Waals surface area (Å²) < 4.78 is 9.04. The van der Waals surface area contributed by atoms with Gasteiger partial charge < -0.3 is 14.5 Å². The molecule has 0 bridgehead atoms. The van der Waals surface area contributed by atoms with Crippen LogP contribution in [0.5, 0.6) is 11.5 Å². The van der Waals surface area contributed by atoms with Gasteiger partial charge in [-0.15, -0.1) is 0 Å². The van der Waals surface area contributed by atoms with Crippen LogP contribution in [0.2, 0.25) is 0 Å². The summed E-state index contributed by atoms with van der Waals surface area (Å²) in [7, 11) is 0. The lowest BCUT2D eigenvalue weighted by atomic mass is 9.85. The fourth-order valence-electron chi connectivity index (χ4n) is 8.65. The van der Waals surface area contributed by atoms with Gasteiger partial charge >= 0.3 is 0 Å². The van der Waals surface area contributed by atoms with E-state index in [1.54, 1.807) is 0 Å². The highest BCUT2D eigenvalue weighted by Gasteiger charge is 2.32. The van der Waals surface area contributed by atoms with Crippen LogP contribution in [0.4, 0.5) is 22.7 Å². The molecule has 2 aromatic heterocycles. The average Bonchev–Trinajstić information content (AvgIpc) is 3.80. The molecule has 1 aliphatic rings. The van der Waals surface area contributed by atoms with Gasteiger partial charge in [-0.25, -0.2) is 4.98 Å². The topological polar surface area (TPSA) is 33.5 Å². The van der Waals surface area contributed by atoms with Gasteiger partial charge in [-0.2, -0.15) is 0 Å². The zero-order chi connectivity index (χ0) is 40.5. The van der Waals surface area contributed by atoms with Crippen LogP contribution in [0.3, 0.4) is 0 Å². The molecule has 7 aromatic carbocycles. The van der Waals surface area contributed by atoms with Crippen molar-refractivity contribution < 1.29 is 4.74 Å². The molecule has 0 N–H and O–H groups in total. The number of aromatic nitrogens is 2. The van der Waals surface area contributed by atoms with Crippen molar-refractivity contribution >= 4 is 55.3 Å². The molecule has 10 rings (SSSR count). The molecule has 5 heteroatoms. The molecule has 59 heavy (non-hydrogen) atoms. The van der Waals surface area contributed by atoms with Gasteiger partial charge in [0.1, 0.15) is 24.0 Å². The van der Waals surface area contributed by atoms with E-state index in [1.807, 2.05) is 12.3 Å². The first-order chi connectivity index (χ1) is 28.5. The minimum atomic E-state index is -0.0129. The van der Waals surface area contributed by atoms with E-state index >= 15 is 0 Å². The summed E-state index contributed by atoms with van der Waals surface area (Å²) in [5, 5.41) is 4.80. The standard InChI is InChI=1S/C54H48N4O/c1-53(2,3)38-24-26-43(36-15-8-7-9-16-36)49(31-38)57-35-56(48-28-23-37-17-10-11-20-44(37)52(48)57)40-18-14-19-41(33-40)59-42-25-27-46-45-21-12-13-22-47(45)58(50(46)34-42)51-32-39(29-30-55-51)54(4,5)6/h7-34H,35H2,1-6H3. The van der Waals surface area contributed by atoms with E-state index in [4.69, 9.17) is 9.72 Å². The van der Waals surface area contributed by atoms with E-state index in [9.17, 15) is 0 Å². The van der Waals surface area contributed by atoms with Gasteiger partial charge in [-0.05, 0) is 87.5 Å². The number of anilines is 4. The van der Waals surface area contributed by atoms with E-state index in [2.05, 4.69) is 214 Å². The second-order valence-electron chi connectivity index (χ2n) is 17.8. The number of nitrogens with zero attached hydrogens (tertiary/aromatic N) is 4. The maximum absolute atomic E-state index is 6.78. The molecule has 0 saturated heterocycles. The van der Waals surface area contributed by atoms with E-state index < -0.39 is 0 Å². The van der Waals surface area contributed by atoms with Gasteiger partial charge in [-0.3, -0.25) is 4.57 Å². The van der Waals surface area contributed by atoms with Crippen LogP contribution in [0.25, 0.3) is 49.5 Å². The first kappa shape index (κ1) is 36.5. The summed E-state index contributed by atoms with van der Waals surface area (Å²) in [5.41, 5.74) is 11.7. The summed E-state index contributed by atoms with van der Waals surface area (Å²) >= 11 is 0. The predicted molar refractivity (Wildman–Crippen MR) is 247 cm³/mol. The zero-order valence-electron chi connectivity index (χ0n) is 34.6. The number of fused-ring (bicyclic) bond motifs is 6. The van der Waals surface area contributed by atoms with Crippen molar-refractivity contribution in [1.29, 1.82) is 0 Å². The van der Waals surface area contributed by atoms with Crippen molar-refractivity contribution in [2.75, 3.05) is 16.5 Å². The smallest absolute Gasteiger partial charge is 0.137 e. The van der Waals surface area contributed by atoms with Crippen molar-refractivity contribution in [2.45, 2.75) is 52.4 Å². The van der Waals surface area contributed by atoms with Crippen LogP contribution in [-0.4, -0.2) is 16.2 Å². The summed E-state index contributed by atoms with van der Waals surface area (Å²) in [4.78, 5) is 9.81. The SMILES string of the molecule is CC(C)(C)c1ccnc(-n2c3ccccc3c3ccc(Oc4cccc(N5CN(c6cc(C(C)(C)C)ccc6-c6ccccc6)c6c5ccc5ccccc65)c4)cc32)c1. The number of pyridine rings is 1. The molecule has 0 radical (unpaired) electrons. The van der Waals surface area contributed by atoms with E-state index in [-0.39, 0.29) is 10.8 Å². The summed E-state index contributed by atoms with van der Waals surface area (Å²) in [6.07, 6.45) is 1.92. The number of hydrogen-bond acceptors (Lipinski definition) is 4. The van der Waals surface area contributed by atoms with Gasteiger partial charge in [0.05, 0.1) is 28.1 Å². The molecule has 0 amide bonds. The van der Waals surface area contributed by atoms with Crippen molar-refractivity contribution in [3.05, 3.63) is 181 Å². The Labute approximate surface area is 346 Å². The predicted octanol–water partition coefficient (Wildman–Crippen LogP) is 14.6. The van der Waals surface area contributed by atoms with Crippen LogP contribution in [-0.2, 0) is 10.8 Å². The minimum absolute atomic E-state index is 0.00360. The highest BCUT2D eigenvalue weighted by molar-refractivity contribution is 6.10. The van der Waals surface area contributed by atoms with Gasteiger partial charge in [-0.1, -0.05) is 139 Å². The molecule has 3 heterocycles. The number of para-hydroxylation sites is 1. The Kier molecular flexibility index (Phi) is 8.61. The molecule has 0 saturated carbocycles. The van der Waals surface area contributed by atoms with Gasteiger partial charge in [0.2, 0.25) is 0 Å².